The number of amides is 1. The lowest BCUT2D eigenvalue weighted by Gasteiger charge is -2.23. The van der Waals surface area contributed by atoms with Gasteiger partial charge in [0.25, 0.3) is 5.91 Å². The van der Waals surface area contributed by atoms with Crippen LogP contribution in [0.15, 0.2) is 28.8 Å². The second kappa shape index (κ2) is 6.02. The van der Waals surface area contributed by atoms with Crippen molar-refractivity contribution in [1.82, 2.24) is 15.0 Å². The van der Waals surface area contributed by atoms with E-state index < -0.39 is 0 Å². The molecule has 0 N–H and O–H groups in total. The molecule has 0 saturated carbocycles. The lowest BCUT2D eigenvalue weighted by molar-refractivity contribution is 0.0733. The van der Waals surface area contributed by atoms with Crippen LogP contribution in [-0.4, -0.2) is 27.5 Å². The summed E-state index contributed by atoms with van der Waals surface area (Å²) in [5.41, 5.74) is 2.38. The summed E-state index contributed by atoms with van der Waals surface area (Å²) < 4.78 is 6.41. The third-order valence-electron chi connectivity index (χ3n) is 4.59. The third kappa shape index (κ3) is 2.41. The molecule has 0 bridgehead atoms. The molecule has 1 fully saturated rings. The fraction of sp³-hybridized carbons (Fsp3) is 0.389. The van der Waals surface area contributed by atoms with Crippen molar-refractivity contribution >= 4 is 27.5 Å². The molecule has 3 aromatic rings. The molecule has 0 unspecified atom stereocenters. The van der Waals surface area contributed by atoms with Crippen LogP contribution in [0, 0.1) is 6.92 Å². The van der Waals surface area contributed by atoms with Gasteiger partial charge in [-0.25, -0.2) is 4.98 Å². The van der Waals surface area contributed by atoms with Crippen LogP contribution in [0.4, 0.5) is 0 Å². The molecule has 3 heterocycles. The van der Waals surface area contributed by atoms with Crippen LogP contribution >= 0.6 is 11.3 Å². The van der Waals surface area contributed by atoms with Gasteiger partial charge >= 0.3 is 0 Å². The molecule has 0 radical (unpaired) electrons. The summed E-state index contributed by atoms with van der Waals surface area (Å²) in [6, 6.07) is 8.17. The van der Waals surface area contributed by atoms with Crippen molar-refractivity contribution in [1.29, 1.82) is 0 Å². The Labute approximate surface area is 144 Å². The van der Waals surface area contributed by atoms with Crippen molar-refractivity contribution in [3.05, 3.63) is 46.3 Å². The molecule has 5 nitrogen and oxygen atoms in total. The van der Waals surface area contributed by atoms with Crippen molar-refractivity contribution in [2.24, 2.45) is 0 Å². The van der Waals surface area contributed by atoms with Gasteiger partial charge in [-0.15, -0.1) is 11.3 Å². The number of fused-ring (bicyclic) bond motifs is 1. The molecule has 124 valence electrons. The largest absolute Gasteiger partial charge is 0.361 e. The van der Waals surface area contributed by atoms with Crippen LogP contribution in [-0.2, 0) is 6.42 Å². The van der Waals surface area contributed by atoms with Gasteiger partial charge in [-0.2, -0.15) is 0 Å². The van der Waals surface area contributed by atoms with Gasteiger partial charge in [0.2, 0.25) is 0 Å². The maximum absolute atomic E-state index is 13.1. The Bertz CT molecular complexity index is 866. The van der Waals surface area contributed by atoms with Crippen molar-refractivity contribution in [3.8, 4) is 0 Å². The first kappa shape index (κ1) is 15.3. The van der Waals surface area contributed by atoms with Gasteiger partial charge in [0.05, 0.1) is 22.0 Å². The number of para-hydroxylation sites is 1. The number of benzene rings is 1. The number of aromatic nitrogens is 2. The van der Waals surface area contributed by atoms with Crippen molar-refractivity contribution < 1.29 is 9.32 Å². The van der Waals surface area contributed by atoms with E-state index >= 15 is 0 Å². The zero-order valence-corrected chi connectivity index (χ0v) is 14.6. The van der Waals surface area contributed by atoms with E-state index in [9.17, 15) is 4.79 Å². The van der Waals surface area contributed by atoms with Crippen LogP contribution in [0.5, 0.6) is 0 Å². The summed E-state index contributed by atoms with van der Waals surface area (Å²) in [6.07, 6.45) is 2.65. The van der Waals surface area contributed by atoms with Gasteiger partial charge < -0.3 is 9.42 Å². The van der Waals surface area contributed by atoms with E-state index in [2.05, 4.69) is 11.2 Å². The quantitative estimate of drug-likeness (QED) is 0.718. The fourth-order valence-electron chi connectivity index (χ4n) is 3.38. The number of carbonyl (C=O) groups is 1. The normalized spacial score (nSPS) is 17.8. The highest BCUT2D eigenvalue weighted by Gasteiger charge is 2.35. The first-order valence-corrected chi connectivity index (χ1v) is 9.12. The topological polar surface area (TPSA) is 59.2 Å². The van der Waals surface area contributed by atoms with Crippen molar-refractivity contribution in [2.45, 2.75) is 39.2 Å². The van der Waals surface area contributed by atoms with Crippen LogP contribution in [0.2, 0.25) is 0 Å². The molecule has 1 aliphatic heterocycles. The molecule has 0 spiro atoms. The molecule has 1 saturated heterocycles. The Kier molecular flexibility index (Phi) is 3.84. The number of thiazole rings is 1. The minimum atomic E-state index is 0.0207. The van der Waals surface area contributed by atoms with E-state index in [0.29, 0.717) is 17.7 Å². The summed E-state index contributed by atoms with van der Waals surface area (Å²) in [4.78, 5) is 19.8. The van der Waals surface area contributed by atoms with Gasteiger partial charge in [-0.3, -0.25) is 4.79 Å². The predicted molar refractivity (Wildman–Crippen MR) is 93.2 cm³/mol. The molecule has 6 heteroatoms. The van der Waals surface area contributed by atoms with Crippen LogP contribution < -0.4 is 0 Å². The Morgan fingerprint density at radius 3 is 3.04 bits per heavy atom. The molecule has 1 amide bonds. The number of hydrogen-bond donors (Lipinski definition) is 0. The van der Waals surface area contributed by atoms with E-state index in [0.717, 1.165) is 35.6 Å². The van der Waals surface area contributed by atoms with Crippen LogP contribution in [0.3, 0.4) is 0 Å². The fourth-order valence-corrected chi connectivity index (χ4v) is 4.49. The first-order valence-electron chi connectivity index (χ1n) is 8.30. The zero-order valence-electron chi connectivity index (χ0n) is 13.8. The summed E-state index contributed by atoms with van der Waals surface area (Å²) in [7, 11) is 0. The van der Waals surface area contributed by atoms with Gasteiger partial charge in [0, 0.05) is 6.54 Å². The molecule has 4 rings (SSSR count). The molecule has 2 aromatic heterocycles. The summed E-state index contributed by atoms with van der Waals surface area (Å²) >= 11 is 1.68. The highest BCUT2D eigenvalue weighted by atomic mass is 32.1. The van der Waals surface area contributed by atoms with E-state index in [1.165, 1.54) is 4.70 Å². The Morgan fingerprint density at radius 1 is 1.42 bits per heavy atom. The van der Waals surface area contributed by atoms with E-state index in [1.807, 2.05) is 36.9 Å². The average molecular weight is 341 g/mol. The number of carbonyl (C=O) groups excluding carboxylic acids is 1. The monoisotopic (exact) mass is 341 g/mol. The summed E-state index contributed by atoms with van der Waals surface area (Å²) in [5, 5.41) is 5.05. The minimum absolute atomic E-state index is 0.0207. The second-order valence-electron chi connectivity index (χ2n) is 6.09. The maximum atomic E-state index is 13.1. The lowest BCUT2D eigenvalue weighted by atomic mass is 10.1. The Morgan fingerprint density at radius 2 is 2.25 bits per heavy atom. The second-order valence-corrected chi connectivity index (χ2v) is 7.15. The SMILES string of the molecule is CCc1noc(C)c1C(=O)N1CCC[C@H]1c1nc2ccccc2s1. The Hall–Kier alpha value is -2.21. The molecular weight excluding hydrogens is 322 g/mol. The molecule has 1 atom stereocenters. The zero-order chi connectivity index (χ0) is 16.7. The highest BCUT2D eigenvalue weighted by Crippen LogP contribution is 2.37. The third-order valence-corrected chi connectivity index (χ3v) is 5.73. The van der Waals surface area contributed by atoms with Gasteiger partial charge in [0.1, 0.15) is 16.3 Å². The van der Waals surface area contributed by atoms with E-state index in [-0.39, 0.29) is 11.9 Å². The molecule has 1 aliphatic rings. The van der Waals surface area contributed by atoms with Gasteiger partial charge in [0.15, 0.2) is 0 Å². The van der Waals surface area contributed by atoms with Crippen LogP contribution in [0.1, 0.15) is 52.6 Å². The van der Waals surface area contributed by atoms with Crippen LogP contribution in [0.25, 0.3) is 10.2 Å². The molecule has 0 aliphatic carbocycles. The maximum Gasteiger partial charge on any atom is 0.259 e. The number of aryl methyl sites for hydroxylation is 2. The smallest absolute Gasteiger partial charge is 0.259 e. The minimum Gasteiger partial charge on any atom is -0.361 e. The predicted octanol–water partition coefficient (Wildman–Crippen LogP) is 4.13. The number of rotatable bonds is 3. The lowest BCUT2D eigenvalue weighted by Crippen LogP contribution is -2.31. The standard InChI is InChI=1S/C18H19N3O2S/c1-3-12-16(11(2)23-20-12)18(22)21-10-6-8-14(21)17-19-13-7-4-5-9-15(13)24-17/h4-5,7,9,14H,3,6,8,10H2,1-2H3/t14-/m0/s1. The Balaban J connectivity index is 1.69. The van der Waals surface area contributed by atoms with E-state index in [1.54, 1.807) is 11.3 Å². The van der Waals surface area contributed by atoms with Crippen molar-refractivity contribution in [3.63, 3.8) is 0 Å². The number of hydrogen-bond acceptors (Lipinski definition) is 5. The highest BCUT2D eigenvalue weighted by molar-refractivity contribution is 7.18. The van der Waals surface area contributed by atoms with Gasteiger partial charge in [-0.05, 0) is 38.3 Å². The van der Waals surface area contributed by atoms with Crippen molar-refractivity contribution in [2.75, 3.05) is 6.54 Å². The number of likely N-dealkylation sites (tertiary alicyclic amines) is 1. The van der Waals surface area contributed by atoms with E-state index in [4.69, 9.17) is 9.51 Å². The summed E-state index contributed by atoms with van der Waals surface area (Å²) in [6.45, 7) is 4.55. The molecule has 1 aromatic carbocycles. The molecule has 24 heavy (non-hydrogen) atoms. The number of nitrogens with zero attached hydrogens (tertiary/aromatic N) is 3. The first-order chi connectivity index (χ1) is 11.7. The van der Waals surface area contributed by atoms with Gasteiger partial charge in [-0.1, -0.05) is 24.2 Å². The summed E-state index contributed by atoms with van der Waals surface area (Å²) in [5.74, 6) is 0.624. The molecular formula is C18H19N3O2S. The average Bonchev–Trinajstić information content (AvgIpc) is 3.30.